The van der Waals surface area contributed by atoms with Crippen molar-refractivity contribution >= 4 is 28.4 Å². The molecule has 1 fully saturated rings. The number of nitrogen functional groups attached to an aromatic ring is 1. The van der Waals surface area contributed by atoms with Gasteiger partial charge >= 0.3 is 0 Å². The van der Waals surface area contributed by atoms with Crippen LogP contribution in [0.2, 0.25) is 0 Å². The molecule has 1 saturated heterocycles. The van der Waals surface area contributed by atoms with Crippen molar-refractivity contribution in [3.05, 3.63) is 48.3 Å². The molecule has 2 heterocycles. The van der Waals surface area contributed by atoms with Gasteiger partial charge in [-0.3, -0.25) is 4.90 Å². The first-order valence-electron chi connectivity index (χ1n) is 9.54. The second-order valence-electron chi connectivity index (χ2n) is 7.76. The van der Waals surface area contributed by atoms with Crippen molar-refractivity contribution in [3.8, 4) is 0 Å². The van der Waals surface area contributed by atoms with Gasteiger partial charge in [-0.25, -0.2) is 0 Å². The summed E-state index contributed by atoms with van der Waals surface area (Å²) >= 11 is 0. The molecule has 1 aliphatic heterocycles. The molecule has 0 spiro atoms. The summed E-state index contributed by atoms with van der Waals surface area (Å²) in [5.41, 5.74) is 6.88. The maximum absolute atomic E-state index is 5.94. The van der Waals surface area contributed by atoms with Crippen LogP contribution in [0.25, 0.3) is 10.8 Å². The molecule has 0 radical (unpaired) electrons. The van der Waals surface area contributed by atoms with Crippen molar-refractivity contribution in [1.82, 2.24) is 19.9 Å². The van der Waals surface area contributed by atoms with Gasteiger partial charge < -0.3 is 11.1 Å². The highest BCUT2D eigenvalue weighted by Gasteiger charge is 2.22. The van der Waals surface area contributed by atoms with Crippen molar-refractivity contribution in [2.24, 2.45) is 11.8 Å². The molecule has 0 bridgehead atoms. The van der Waals surface area contributed by atoms with Crippen molar-refractivity contribution in [3.63, 3.8) is 0 Å². The molecule has 2 aromatic carbocycles. The van der Waals surface area contributed by atoms with E-state index < -0.39 is 0 Å². The number of benzene rings is 2. The molecule has 2 atom stereocenters. The van der Waals surface area contributed by atoms with Gasteiger partial charge in [0.1, 0.15) is 5.82 Å². The zero-order valence-electron chi connectivity index (χ0n) is 15.9. The van der Waals surface area contributed by atoms with Gasteiger partial charge in [0.25, 0.3) is 0 Å². The van der Waals surface area contributed by atoms with E-state index in [4.69, 9.17) is 5.73 Å². The summed E-state index contributed by atoms with van der Waals surface area (Å²) in [6.45, 7) is 7.45. The van der Waals surface area contributed by atoms with Crippen LogP contribution >= 0.6 is 0 Å². The van der Waals surface area contributed by atoms with E-state index in [1.165, 1.54) is 17.2 Å². The summed E-state index contributed by atoms with van der Waals surface area (Å²) in [4.78, 5) is 15.6. The summed E-state index contributed by atoms with van der Waals surface area (Å²) in [5.74, 6) is 2.85. The fourth-order valence-electron chi connectivity index (χ4n) is 4.08. The second-order valence-corrected chi connectivity index (χ2v) is 7.76. The van der Waals surface area contributed by atoms with Crippen molar-refractivity contribution < 1.29 is 0 Å². The average molecular weight is 362 g/mol. The first-order chi connectivity index (χ1) is 13.0. The Morgan fingerprint density at radius 3 is 2.52 bits per heavy atom. The fourth-order valence-corrected chi connectivity index (χ4v) is 4.08. The number of nitrogens with one attached hydrogen (secondary N) is 1. The van der Waals surface area contributed by atoms with Gasteiger partial charge in [0, 0.05) is 18.8 Å². The summed E-state index contributed by atoms with van der Waals surface area (Å²) < 4.78 is 0. The lowest BCUT2D eigenvalue weighted by Gasteiger charge is -2.34. The van der Waals surface area contributed by atoms with Crippen molar-refractivity contribution in [1.29, 1.82) is 0 Å². The van der Waals surface area contributed by atoms with Gasteiger partial charge in [-0.2, -0.15) is 15.0 Å². The first-order valence-corrected chi connectivity index (χ1v) is 9.54. The Hall–Kier alpha value is -2.73. The minimum Gasteiger partial charge on any atom is -0.368 e. The number of fused-ring (bicyclic) bond motifs is 1. The van der Waals surface area contributed by atoms with Gasteiger partial charge in [-0.15, -0.1) is 0 Å². The second kappa shape index (κ2) is 7.48. The summed E-state index contributed by atoms with van der Waals surface area (Å²) in [6, 6.07) is 14.5. The minimum atomic E-state index is 0.251. The van der Waals surface area contributed by atoms with E-state index in [-0.39, 0.29) is 5.95 Å². The number of piperidine rings is 1. The van der Waals surface area contributed by atoms with Crippen LogP contribution < -0.4 is 11.1 Å². The molecule has 0 aliphatic carbocycles. The van der Waals surface area contributed by atoms with Crippen LogP contribution in [-0.2, 0) is 6.54 Å². The number of anilines is 3. The Morgan fingerprint density at radius 2 is 1.74 bits per heavy atom. The number of hydrogen-bond donors (Lipinski definition) is 2. The summed E-state index contributed by atoms with van der Waals surface area (Å²) in [5, 5.41) is 5.64. The fraction of sp³-hybridized carbons (Fsp3) is 0.381. The Balaban J connectivity index is 1.52. The van der Waals surface area contributed by atoms with E-state index in [2.05, 4.69) is 63.3 Å². The predicted molar refractivity (Wildman–Crippen MR) is 110 cm³/mol. The van der Waals surface area contributed by atoms with E-state index in [1.54, 1.807) is 0 Å². The Morgan fingerprint density at radius 1 is 1.00 bits per heavy atom. The number of likely N-dealkylation sites (tertiary alicyclic amines) is 1. The lowest BCUT2D eigenvalue weighted by atomic mass is 9.92. The Bertz CT molecular complexity index is 931. The molecular weight excluding hydrogens is 336 g/mol. The highest BCUT2D eigenvalue weighted by molar-refractivity contribution is 5.86. The number of nitrogens with two attached hydrogens (primary N) is 1. The number of nitrogens with zero attached hydrogens (tertiary/aromatic N) is 4. The molecule has 6 nitrogen and oxygen atoms in total. The summed E-state index contributed by atoms with van der Waals surface area (Å²) in [7, 11) is 0. The number of hydrogen-bond acceptors (Lipinski definition) is 6. The molecule has 3 N–H and O–H groups in total. The molecule has 0 unspecified atom stereocenters. The third-order valence-corrected chi connectivity index (χ3v) is 5.01. The van der Waals surface area contributed by atoms with Crippen molar-refractivity contribution in [2.75, 3.05) is 24.1 Å². The zero-order chi connectivity index (χ0) is 18.8. The monoisotopic (exact) mass is 362 g/mol. The summed E-state index contributed by atoms with van der Waals surface area (Å²) in [6.07, 6.45) is 1.28. The van der Waals surface area contributed by atoms with Crippen LogP contribution in [0.15, 0.2) is 42.5 Å². The number of rotatable bonds is 4. The topological polar surface area (TPSA) is 80.0 Å². The van der Waals surface area contributed by atoms with E-state index in [9.17, 15) is 0 Å². The highest BCUT2D eigenvalue weighted by Crippen LogP contribution is 2.23. The molecule has 3 aromatic rings. The minimum absolute atomic E-state index is 0.251. The molecule has 140 valence electrons. The van der Waals surface area contributed by atoms with Crippen LogP contribution in [0.4, 0.5) is 17.6 Å². The first kappa shape index (κ1) is 17.7. The quantitative estimate of drug-likeness (QED) is 0.734. The maximum Gasteiger partial charge on any atom is 0.232 e. The van der Waals surface area contributed by atoms with Gasteiger partial charge in [-0.1, -0.05) is 44.2 Å². The van der Waals surface area contributed by atoms with Crippen LogP contribution in [0, 0.1) is 11.8 Å². The highest BCUT2D eigenvalue weighted by atomic mass is 15.2. The molecule has 6 heteroatoms. The van der Waals surface area contributed by atoms with Crippen LogP contribution in [0.3, 0.4) is 0 Å². The smallest absolute Gasteiger partial charge is 0.232 e. The third kappa shape index (κ3) is 4.34. The van der Waals surface area contributed by atoms with Gasteiger partial charge in [-0.05, 0) is 41.2 Å². The molecule has 27 heavy (non-hydrogen) atoms. The predicted octanol–water partition coefficient (Wildman–Crippen LogP) is 3.83. The SMILES string of the molecule is C[C@H]1C[C@H](C)CN(Cc2nc(N)nc(Nc3ccc4ccccc4c3)n2)C1. The van der Waals surface area contributed by atoms with E-state index in [0.29, 0.717) is 30.2 Å². The Labute approximate surface area is 159 Å². The largest absolute Gasteiger partial charge is 0.368 e. The average Bonchev–Trinajstić information content (AvgIpc) is 2.60. The van der Waals surface area contributed by atoms with E-state index in [0.717, 1.165) is 18.8 Å². The van der Waals surface area contributed by atoms with Crippen LogP contribution in [0.1, 0.15) is 26.1 Å². The third-order valence-electron chi connectivity index (χ3n) is 5.01. The lowest BCUT2D eigenvalue weighted by Crippen LogP contribution is -2.38. The van der Waals surface area contributed by atoms with Crippen LogP contribution in [-0.4, -0.2) is 32.9 Å². The Kier molecular flexibility index (Phi) is 4.90. The van der Waals surface area contributed by atoms with Gasteiger partial charge in [0.15, 0.2) is 0 Å². The molecule has 4 rings (SSSR count). The van der Waals surface area contributed by atoms with Crippen molar-refractivity contribution in [2.45, 2.75) is 26.8 Å². The standard InChI is InChI=1S/C21H26N6/c1-14-9-15(2)12-27(11-14)13-19-24-20(22)26-21(25-19)23-18-8-7-16-5-3-4-6-17(16)10-18/h3-8,10,14-15H,9,11-13H2,1-2H3,(H3,22,23,24,25,26)/t14-,15-/m0/s1. The van der Waals surface area contributed by atoms with E-state index >= 15 is 0 Å². The normalized spacial score (nSPS) is 20.7. The molecule has 1 aliphatic rings. The van der Waals surface area contributed by atoms with Crippen LogP contribution in [0.5, 0.6) is 0 Å². The molecule has 1 aromatic heterocycles. The molecular formula is C21H26N6. The lowest BCUT2D eigenvalue weighted by molar-refractivity contribution is 0.131. The van der Waals surface area contributed by atoms with Gasteiger partial charge in [0.05, 0.1) is 6.54 Å². The zero-order valence-corrected chi connectivity index (χ0v) is 15.9. The maximum atomic E-state index is 5.94. The molecule has 0 amide bonds. The van der Waals surface area contributed by atoms with E-state index in [1.807, 2.05) is 18.2 Å². The van der Waals surface area contributed by atoms with Gasteiger partial charge in [0.2, 0.25) is 11.9 Å². The number of aromatic nitrogens is 3. The molecule has 0 saturated carbocycles.